The first-order valence-corrected chi connectivity index (χ1v) is 8.95. The third kappa shape index (κ3) is 3.80. The summed E-state index contributed by atoms with van der Waals surface area (Å²) in [4.78, 5) is 10.6. The van der Waals surface area contributed by atoms with Crippen LogP contribution in [-0.4, -0.2) is 61.2 Å². The lowest BCUT2D eigenvalue weighted by molar-refractivity contribution is -0.0327. The van der Waals surface area contributed by atoms with E-state index in [0.717, 1.165) is 26.2 Å². The van der Waals surface area contributed by atoms with Crippen LogP contribution < -0.4 is 5.73 Å². The number of ether oxygens (including phenoxy) is 1. The predicted molar refractivity (Wildman–Crippen MR) is 91.3 cm³/mol. The van der Waals surface area contributed by atoms with Gasteiger partial charge in [0.05, 0.1) is 25.3 Å². The third-order valence-electron chi connectivity index (χ3n) is 4.47. The van der Waals surface area contributed by atoms with Crippen molar-refractivity contribution in [3.63, 3.8) is 0 Å². The second-order valence-corrected chi connectivity index (χ2v) is 7.23. The minimum absolute atomic E-state index is 0.284. The molecule has 0 bridgehead atoms. The van der Waals surface area contributed by atoms with E-state index in [0.29, 0.717) is 18.0 Å². The number of hydrogen-bond acceptors (Lipinski definition) is 4. The van der Waals surface area contributed by atoms with Gasteiger partial charge in [0.25, 0.3) is 0 Å². The highest BCUT2D eigenvalue weighted by molar-refractivity contribution is 7.10. The third-order valence-corrected chi connectivity index (χ3v) is 5.44. The molecule has 2 atom stereocenters. The first kappa shape index (κ1) is 15.8. The van der Waals surface area contributed by atoms with Gasteiger partial charge in [0, 0.05) is 31.1 Å². The largest absolute Gasteiger partial charge is 0.376 e. The number of guanidine groups is 1. The average molecular weight is 322 g/mol. The van der Waals surface area contributed by atoms with Crippen LogP contribution in [0.1, 0.15) is 30.7 Å². The molecule has 1 saturated heterocycles. The quantitative estimate of drug-likeness (QED) is 0.665. The molecule has 2 fully saturated rings. The zero-order chi connectivity index (χ0) is 15.5. The highest BCUT2D eigenvalue weighted by Gasteiger charge is 2.29. The molecule has 2 heterocycles. The standard InChI is InChI=1S/C16H26N4OS/c1-12-11-20(7-8-21-12)14(15-4-3-9-22-15)10-18-16(17)19(2)13-5-6-13/h3-4,9,12-14H,5-8,10-11H2,1-2H3,(H2,17,18). The van der Waals surface area contributed by atoms with Gasteiger partial charge in [-0.25, -0.2) is 0 Å². The van der Waals surface area contributed by atoms with E-state index in [1.807, 2.05) is 7.05 Å². The summed E-state index contributed by atoms with van der Waals surface area (Å²) in [5, 5.41) is 2.13. The van der Waals surface area contributed by atoms with Gasteiger partial charge in [-0.3, -0.25) is 9.89 Å². The van der Waals surface area contributed by atoms with Crippen LogP contribution in [0.4, 0.5) is 0 Å². The van der Waals surface area contributed by atoms with Crippen molar-refractivity contribution in [1.29, 1.82) is 0 Å². The van der Waals surface area contributed by atoms with Crippen molar-refractivity contribution < 1.29 is 4.74 Å². The van der Waals surface area contributed by atoms with Crippen molar-refractivity contribution in [2.45, 2.75) is 38.0 Å². The smallest absolute Gasteiger partial charge is 0.191 e. The Hall–Kier alpha value is -1.11. The van der Waals surface area contributed by atoms with Crippen LogP contribution >= 0.6 is 11.3 Å². The molecule has 5 nitrogen and oxygen atoms in total. The van der Waals surface area contributed by atoms with Gasteiger partial charge in [0.15, 0.2) is 5.96 Å². The number of aliphatic imine (C=N–C) groups is 1. The van der Waals surface area contributed by atoms with Crippen molar-refractivity contribution >= 4 is 17.3 Å². The van der Waals surface area contributed by atoms with Crippen LogP contribution in [-0.2, 0) is 4.74 Å². The van der Waals surface area contributed by atoms with Gasteiger partial charge in [0.1, 0.15) is 0 Å². The number of thiophene rings is 1. The summed E-state index contributed by atoms with van der Waals surface area (Å²) < 4.78 is 5.67. The van der Waals surface area contributed by atoms with Gasteiger partial charge >= 0.3 is 0 Å². The molecule has 1 saturated carbocycles. The molecule has 0 spiro atoms. The van der Waals surface area contributed by atoms with Crippen LogP contribution in [0.5, 0.6) is 0 Å². The van der Waals surface area contributed by atoms with Crippen molar-refractivity contribution in [3.8, 4) is 0 Å². The fourth-order valence-electron chi connectivity index (χ4n) is 2.94. The van der Waals surface area contributed by atoms with Crippen molar-refractivity contribution in [3.05, 3.63) is 22.4 Å². The molecule has 1 aromatic rings. The molecule has 122 valence electrons. The lowest BCUT2D eigenvalue weighted by atomic mass is 10.1. The predicted octanol–water partition coefficient (Wildman–Crippen LogP) is 1.92. The minimum Gasteiger partial charge on any atom is -0.376 e. The number of morpholine rings is 1. The summed E-state index contributed by atoms with van der Waals surface area (Å²) in [6, 6.07) is 5.22. The topological polar surface area (TPSA) is 54.1 Å². The molecule has 2 unspecified atom stereocenters. The maximum atomic E-state index is 6.15. The van der Waals surface area contributed by atoms with E-state index in [4.69, 9.17) is 10.5 Å². The van der Waals surface area contributed by atoms with Crippen LogP contribution in [0, 0.1) is 0 Å². The molecule has 2 aliphatic rings. The Labute approximate surface area is 136 Å². The summed E-state index contributed by atoms with van der Waals surface area (Å²) in [7, 11) is 2.05. The molecule has 2 N–H and O–H groups in total. The van der Waals surface area contributed by atoms with Crippen LogP contribution in [0.2, 0.25) is 0 Å². The molecule has 0 aromatic carbocycles. The van der Waals surface area contributed by atoms with E-state index in [9.17, 15) is 0 Å². The Morgan fingerprint density at radius 3 is 3.05 bits per heavy atom. The fraction of sp³-hybridized carbons (Fsp3) is 0.688. The number of nitrogens with two attached hydrogens (primary N) is 1. The van der Waals surface area contributed by atoms with Crippen molar-refractivity contribution in [2.75, 3.05) is 33.3 Å². The maximum Gasteiger partial charge on any atom is 0.191 e. The SMILES string of the molecule is CC1CN(C(CN=C(N)N(C)C2CC2)c2cccs2)CCO1. The van der Waals surface area contributed by atoms with Crippen LogP contribution in [0.15, 0.2) is 22.5 Å². The van der Waals surface area contributed by atoms with Gasteiger partial charge in [0.2, 0.25) is 0 Å². The molecule has 1 aromatic heterocycles. The second-order valence-electron chi connectivity index (χ2n) is 6.25. The molecule has 0 radical (unpaired) electrons. The molecular weight excluding hydrogens is 296 g/mol. The van der Waals surface area contributed by atoms with E-state index < -0.39 is 0 Å². The van der Waals surface area contributed by atoms with E-state index in [1.165, 1.54) is 17.7 Å². The highest BCUT2D eigenvalue weighted by atomic mass is 32.1. The Balaban J connectivity index is 1.70. The van der Waals surface area contributed by atoms with Crippen molar-refractivity contribution in [1.82, 2.24) is 9.80 Å². The Morgan fingerprint density at radius 2 is 2.41 bits per heavy atom. The van der Waals surface area contributed by atoms with E-state index in [2.05, 4.69) is 39.2 Å². The van der Waals surface area contributed by atoms with Crippen LogP contribution in [0.3, 0.4) is 0 Å². The number of nitrogens with zero attached hydrogens (tertiary/aromatic N) is 3. The highest BCUT2D eigenvalue weighted by Crippen LogP contribution is 2.28. The average Bonchev–Trinajstić information content (AvgIpc) is 3.23. The first-order chi connectivity index (χ1) is 10.6. The van der Waals surface area contributed by atoms with Gasteiger partial charge in [-0.2, -0.15) is 0 Å². The minimum atomic E-state index is 0.284. The molecule has 1 aliphatic carbocycles. The molecule has 1 aliphatic heterocycles. The Kier molecular flexibility index (Phi) is 5.00. The lowest BCUT2D eigenvalue weighted by Crippen LogP contribution is -2.44. The summed E-state index contributed by atoms with van der Waals surface area (Å²) in [5.41, 5.74) is 6.15. The molecule has 3 rings (SSSR count). The summed E-state index contributed by atoms with van der Waals surface area (Å²) in [6.07, 6.45) is 2.76. The molecule has 22 heavy (non-hydrogen) atoms. The maximum absolute atomic E-state index is 6.15. The Morgan fingerprint density at radius 1 is 1.59 bits per heavy atom. The van der Waals surface area contributed by atoms with E-state index >= 15 is 0 Å². The van der Waals surface area contributed by atoms with Gasteiger partial charge in [-0.15, -0.1) is 11.3 Å². The Bertz CT molecular complexity index is 500. The summed E-state index contributed by atoms with van der Waals surface area (Å²) in [6.45, 7) is 5.56. The van der Waals surface area contributed by atoms with Crippen molar-refractivity contribution in [2.24, 2.45) is 10.7 Å². The zero-order valence-corrected chi connectivity index (χ0v) is 14.3. The summed E-state index contributed by atoms with van der Waals surface area (Å²) >= 11 is 1.80. The molecule has 6 heteroatoms. The van der Waals surface area contributed by atoms with Gasteiger partial charge in [-0.1, -0.05) is 6.07 Å². The first-order valence-electron chi connectivity index (χ1n) is 8.07. The zero-order valence-electron chi connectivity index (χ0n) is 13.4. The number of hydrogen-bond donors (Lipinski definition) is 1. The fourth-order valence-corrected chi connectivity index (χ4v) is 3.79. The van der Waals surface area contributed by atoms with E-state index in [-0.39, 0.29) is 6.10 Å². The monoisotopic (exact) mass is 322 g/mol. The molecule has 0 amide bonds. The normalized spacial score (nSPS) is 25.2. The van der Waals surface area contributed by atoms with Crippen LogP contribution in [0.25, 0.3) is 0 Å². The van der Waals surface area contributed by atoms with Gasteiger partial charge in [-0.05, 0) is 31.2 Å². The van der Waals surface area contributed by atoms with Gasteiger partial charge < -0.3 is 15.4 Å². The summed E-state index contributed by atoms with van der Waals surface area (Å²) in [5.74, 6) is 0.672. The van der Waals surface area contributed by atoms with E-state index in [1.54, 1.807) is 11.3 Å². The molecular formula is C16H26N4OS. The second kappa shape index (κ2) is 6.98. The number of rotatable bonds is 5. The lowest BCUT2D eigenvalue weighted by Gasteiger charge is -2.36.